The van der Waals surface area contributed by atoms with Crippen molar-refractivity contribution in [2.75, 3.05) is 13.2 Å². The van der Waals surface area contributed by atoms with Gasteiger partial charge in [0, 0.05) is 31.2 Å². The smallest absolute Gasteiger partial charge is 0.220 e. The summed E-state index contributed by atoms with van der Waals surface area (Å²) in [4.78, 5) is 11.0. The maximum Gasteiger partial charge on any atom is 0.220 e. The van der Waals surface area contributed by atoms with E-state index in [4.69, 9.17) is 5.11 Å². The van der Waals surface area contributed by atoms with Gasteiger partial charge in [0.25, 0.3) is 0 Å². The van der Waals surface area contributed by atoms with Crippen LogP contribution in [0.25, 0.3) is 0 Å². The molecule has 4 heteroatoms. The van der Waals surface area contributed by atoms with Crippen molar-refractivity contribution >= 4 is 5.91 Å². The van der Waals surface area contributed by atoms with Crippen molar-refractivity contribution in [2.45, 2.75) is 51.1 Å². The van der Waals surface area contributed by atoms with Gasteiger partial charge in [0.1, 0.15) is 0 Å². The fourth-order valence-electron chi connectivity index (χ4n) is 1.84. The molecule has 2 unspecified atom stereocenters. The maximum absolute atomic E-state index is 11.0. The molecule has 4 nitrogen and oxygen atoms in total. The van der Waals surface area contributed by atoms with Gasteiger partial charge in [-0.15, -0.1) is 0 Å². The van der Waals surface area contributed by atoms with Crippen LogP contribution >= 0.6 is 0 Å². The van der Waals surface area contributed by atoms with Gasteiger partial charge in [-0.05, 0) is 26.2 Å². The van der Waals surface area contributed by atoms with Crippen molar-refractivity contribution < 1.29 is 9.90 Å². The van der Waals surface area contributed by atoms with Gasteiger partial charge in [0.15, 0.2) is 0 Å². The summed E-state index contributed by atoms with van der Waals surface area (Å²) in [5.74, 6) is 0.155. The summed E-state index contributed by atoms with van der Waals surface area (Å²) in [6.07, 6.45) is 3.30. The molecule has 1 aliphatic rings. The number of hydrogen-bond acceptors (Lipinski definition) is 3. The summed E-state index contributed by atoms with van der Waals surface area (Å²) in [6, 6.07) is 0.266. The zero-order valence-electron chi connectivity index (χ0n) is 9.68. The first-order valence-corrected chi connectivity index (χ1v) is 5.75. The van der Waals surface area contributed by atoms with Crippen LogP contribution in [0.3, 0.4) is 0 Å². The molecular weight excluding hydrogens is 192 g/mol. The van der Waals surface area contributed by atoms with E-state index in [-0.39, 0.29) is 24.1 Å². The highest BCUT2D eigenvalue weighted by Crippen LogP contribution is 2.14. The second kappa shape index (κ2) is 5.47. The first kappa shape index (κ1) is 12.5. The van der Waals surface area contributed by atoms with Gasteiger partial charge < -0.3 is 15.7 Å². The highest BCUT2D eigenvalue weighted by molar-refractivity contribution is 5.78. The van der Waals surface area contributed by atoms with E-state index < -0.39 is 0 Å². The Labute approximate surface area is 91.4 Å². The van der Waals surface area contributed by atoms with Crippen molar-refractivity contribution in [1.82, 2.24) is 10.6 Å². The van der Waals surface area contributed by atoms with Crippen LogP contribution in [0, 0.1) is 0 Å². The third kappa shape index (κ3) is 3.80. The molecule has 0 aromatic rings. The second-order valence-corrected chi connectivity index (χ2v) is 4.57. The van der Waals surface area contributed by atoms with Crippen LogP contribution in [-0.2, 0) is 4.79 Å². The topological polar surface area (TPSA) is 61.4 Å². The van der Waals surface area contributed by atoms with Crippen molar-refractivity contribution in [3.05, 3.63) is 0 Å². The zero-order chi connectivity index (χ0) is 11.3. The van der Waals surface area contributed by atoms with E-state index in [1.165, 1.54) is 0 Å². The highest BCUT2D eigenvalue weighted by atomic mass is 16.3. The minimum Gasteiger partial charge on any atom is -0.396 e. The predicted octanol–water partition coefficient (Wildman–Crippen LogP) is 0.406. The maximum atomic E-state index is 11.0. The van der Waals surface area contributed by atoms with Gasteiger partial charge in [-0.3, -0.25) is 4.79 Å². The molecule has 88 valence electrons. The standard InChI is InChI=1S/C11H22N2O2/c1-3-11(2,6-7-14)12-8-9-4-5-10(15)13-9/h9,12,14H,3-8H2,1-2H3,(H,13,15). The number of aliphatic hydroxyl groups excluding tert-OH is 1. The van der Waals surface area contributed by atoms with Gasteiger partial charge in [-0.1, -0.05) is 6.92 Å². The van der Waals surface area contributed by atoms with Gasteiger partial charge in [-0.2, -0.15) is 0 Å². The highest BCUT2D eigenvalue weighted by Gasteiger charge is 2.25. The number of carbonyl (C=O) groups excluding carboxylic acids is 1. The summed E-state index contributed by atoms with van der Waals surface area (Å²) in [6.45, 7) is 5.22. The Morgan fingerprint density at radius 1 is 1.67 bits per heavy atom. The molecule has 0 bridgehead atoms. The normalized spacial score (nSPS) is 25.0. The monoisotopic (exact) mass is 214 g/mol. The summed E-state index contributed by atoms with van der Waals surface area (Å²) < 4.78 is 0. The van der Waals surface area contributed by atoms with Crippen LogP contribution in [0.2, 0.25) is 0 Å². The van der Waals surface area contributed by atoms with E-state index in [0.29, 0.717) is 6.42 Å². The van der Waals surface area contributed by atoms with Crippen molar-refractivity contribution in [3.8, 4) is 0 Å². The van der Waals surface area contributed by atoms with Crippen LogP contribution < -0.4 is 10.6 Å². The summed E-state index contributed by atoms with van der Waals surface area (Å²) >= 11 is 0. The Kier molecular flexibility index (Phi) is 4.54. The Balaban J connectivity index is 2.30. The number of hydrogen-bond donors (Lipinski definition) is 3. The van der Waals surface area contributed by atoms with Crippen molar-refractivity contribution in [1.29, 1.82) is 0 Å². The van der Waals surface area contributed by atoms with Gasteiger partial charge in [0.2, 0.25) is 5.91 Å². The molecule has 1 saturated heterocycles. The molecule has 15 heavy (non-hydrogen) atoms. The minimum absolute atomic E-state index is 0.0118. The quantitative estimate of drug-likeness (QED) is 0.600. The van der Waals surface area contributed by atoms with Gasteiger partial charge in [0.05, 0.1) is 0 Å². The minimum atomic E-state index is -0.0118. The van der Waals surface area contributed by atoms with Crippen LogP contribution in [0.5, 0.6) is 0 Å². The molecule has 3 N–H and O–H groups in total. The molecule has 0 radical (unpaired) electrons. The van der Waals surface area contributed by atoms with E-state index in [9.17, 15) is 4.79 Å². The summed E-state index contributed by atoms with van der Waals surface area (Å²) in [5, 5.41) is 15.3. The fourth-order valence-corrected chi connectivity index (χ4v) is 1.84. The van der Waals surface area contributed by atoms with Crippen LogP contribution in [-0.4, -0.2) is 35.7 Å². The molecule has 0 saturated carbocycles. The zero-order valence-corrected chi connectivity index (χ0v) is 9.68. The number of nitrogens with one attached hydrogen (secondary N) is 2. The van der Waals surface area contributed by atoms with E-state index in [0.717, 1.165) is 25.8 Å². The lowest BCUT2D eigenvalue weighted by atomic mass is 9.94. The lowest BCUT2D eigenvalue weighted by molar-refractivity contribution is -0.119. The van der Waals surface area contributed by atoms with Crippen LogP contribution in [0.15, 0.2) is 0 Å². The predicted molar refractivity (Wildman–Crippen MR) is 59.6 cm³/mol. The van der Waals surface area contributed by atoms with E-state index >= 15 is 0 Å². The SMILES string of the molecule is CCC(C)(CCO)NCC1CCC(=O)N1. The van der Waals surface area contributed by atoms with Crippen molar-refractivity contribution in [2.24, 2.45) is 0 Å². The van der Waals surface area contributed by atoms with E-state index in [1.54, 1.807) is 0 Å². The third-order valence-corrected chi connectivity index (χ3v) is 3.30. The van der Waals surface area contributed by atoms with Gasteiger partial charge in [-0.25, -0.2) is 0 Å². The van der Waals surface area contributed by atoms with Crippen LogP contribution in [0.4, 0.5) is 0 Å². The third-order valence-electron chi connectivity index (χ3n) is 3.30. The fraction of sp³-hybridized carbons (Fsp3) is 0.909. The number of carbonyl (C=O) groups is 1. The molecule has 1 amide bonds. The van der Waals surface area contributed by atoms with E-state index in [1.807, 2.05) is 0 Å². The molecule has 0 aromatic carbocycles. The molecule has 2 atom stereocenters. The first-order valence-electron chi connectivity index (χ1n) is 5.75. The number of aliphatic hydroxyl groups is 1. The Morgan fingerprint density at radius 3 is 2.87 bits per heavy atom. The summed E-state index contributed by atoms with van der Waals surface area (Å²) in [7, 11) is 0. The molecule has 0 aromatic heterocycles. The molecule has 1 rings (SSSR count). The Bertz CT molecular complexity index is 221. The number of rotatable bonds is 6. The largest absolute Gasteiger partial charge is 0.396 e. The average Bonchev–Trinajstić information content (AvgIpc) is 2.62. The summed E-state index contributed by atoms with van der Waals surface area (Å²) in [5.41, 5.74) is -0.0118. The van der Waals surface area contributed by atoms with E-state index in [2.05, 4.69) is 24.5 Å². The van der Waals surface area contributed by atoms with Gasteiger partial charge >= 0.3 is 0 Å². The molecule has 1 aliphatic heterocycles. The lowest BCUT2D eigenvalue weighted by Gasteiger charge is -2.30. The Morgan fingerprint density at radius 2 is 2.40 bits per heavy atom. The molecule has 0 spiro atoms. The molecule has 1 heterocycles. The molecule has 0 aliphatic carbocycles. The Hall–Kier alpha value is -0.610. The lowest BCUT2D eigenvalue weighted by Crippen LogP contribution is -2.48. The number of amides is 1. The van der Waals surface area contributed by atoms with Crippen molar-refractivity contribution in [3.63, 3.8) is 0 Å². The first-order chi connectivity index (χ1) is 7.09. The molecular formula is C11H22N2O2. The molecule has 1 fully saturated rings. The second-order valence-electron chi connectivity index (χ2n) is 4.57. The average molecular weight is 214 g/mol. The van der Waals surface area contributed by atoms with Crippen LogP contribution in [0.1, 0.15) is 39.5 Å².